The fourth-order valence-electron chi connectivity index (χ4n) is 1.85. The van der Waals surface area contributed by atoms with Crippen LogP contribution in [0.2, 0.25) is 0 Å². The Morgan fingerprint density at radius 1 is 1.26 bits per heavy atom. The summed E-state index contributed by atoms with van der Waals surface area (Å²) in [6.07, 6.45) is 0.491. The minimum absolute atomic E-state index is 0.108. The third-order valence-corrected chi connectivity index (χ3v) is 3.85. The van der Waals surface area contributed by atoms with Gasteiger partial charge in [-0.15, -0.1) is 0 Å². The van der Waals surface area contributed by atoms with Crippen molar-refractivity contribution in [1.29, 1.82) is 0 Å². The van der Waals surface area contributed by atoms with Gasteiger partial charge in [-0.25, -0.2) is 8.78 Å². The highest BCUT2D eigenvalue weighted by Gasteiger charge is 2.42. The van der Waals surface area contributed by atoms with Crippen LogP contribution >= 0.6 is 15.9 Å². The summed E-state index contributed by atoms with van der Waals surface area (Å²) in [7, 11) is 1.60. The maximum absolute atomic E-state index is 13.1. The van der Waals surface area contributed by atoms with Gasteiger partial charge in [0, 0.05) is 24.4 Å². The number of alkyl halides is 1. The van der Waals surface area contributed by atoms with E-state index >= 15 is 0 Å². The van der Waals surface area contributed by atoms with Crippen molar-refractivity contribution >= 4 is 15.9 Å². The molecule has 1 aliphatic carbocycles. The number of methoxy groups -OCH3 is 1. The van der Waals surface area contributed by atoms with Crippen LogP contribution in [0, 0.1) is 11.6 Å². The van der Waals surface area contributed by atoms with Crippen LogP contribution in [0.15, 0.2) is 18.2 Å². The SMILES string of the molecule is COCCOC1C(Br)CC1Oc1ccc(F)c(F)c1. The molecule has 2 rings (SSSR count). The smallest absolute Gasteiger partial charge is 0.162 e. The molecule has 1 aromatic carbocycles. The molecule has 1 saturated carbocycles. The molecule has 3 unspecified atom stereocenters. The predicted octanol–water partition coefficient (Wildman–Crippen LogP) is 2.91. The zero-order chi connectivity index (χ0) is 13.8. The van der Waals surface area contributed by atoms with Gasteiger partial charge in [0.1, 0.15) is 18.0 Å². The van der Waals surface area contributed by atoms with E-state index in [1.54, 1.807) is 7.11 Å². The topological polar surface area (TPSA) is 27.7 Å². The first kappa shape index (κ1) is 14.7. The van der Waals surface area contributed by atoms with E-state index in [0.717, 1.165) is 18.6 Å². The molecule has 0 radical (unpaired) electrons. The maximum Gasteiger partial charge on any atom is 0.162 e. The first-order chi connectivity index (χ1) is 9.11. The highest BCUT2D eigenvalue weighted by Crippen LogP contribution is 2.34. The van der Waals surface area contributed by atoms with Gasteiger partial charge in [0.15, 0.2) is 11.6 Å². The molecule has 0 spiro atoms. The molecule has 1 aliphatic rings. The Labute approximate surface area is 119 Å². The van der Waals surface area contributed by atoms with E-state index in [1.807, 2.05) is 0 Å². The fraction of sp³-hybridized carbons (Fsp3) is 0.538. The number of benzene rings is 1. The normalized spacial score (nSPS) is 26.0. The van der Waals surface area contributed by atoms with E-state index in [0.29, 0.717) is 19.0 Å². The van der Waals surface area contributed by atoms with E-state index in [2.05, 4.69) is 15.9 Å². The summed E-state index contributed by atoms with van der Waals surface area (Å²) < 4.78 is 42.0. The molecule has 0 amide bonds. The molecule has 0 aromatic heterocycles. The van der Waals surface area contributed by atoms with E-state index in [4.69, 9.17) is 14.2 Å². The molecular formula is C13H15BrF2O3. The number of halogens is 3. The van der Waals surface area contributed by atoms with Crippen molar-refractivity contribution in [2.75, 3.05) is 20.3 Å². The Hall–Kier alpha value is -0.720. The Morgan fingerprint density at radius 2 is 2.05 bits per heavy atom. The van der Waals surface area contributed by atoms with E-state index < -0.39 is 11.6 Å². The van der Waals surface area contributed by atoms with Crippen LogP contribution in [0.3, 0.4) is 0 Å². The number of ether oxygens (including phenoxy) is 3. The molecular weight excluding hydrogens is 322 g/mol. The molecule has 0 bridgehead atoms. The molecule has 19 heavy (non-hydrogen) atoms. The molecule has 3 atom stereocenters. The molecule has 1 aromatic rings. The Balaban J connectivity index is 1.89. The van der Waals surface area contributed by atoms with Crippen LogP contribution in [0.1, 0.15) is 6.42 Å². The second-order valence-corrected chi connectivity index (χ2v) is 5.49. The average Bonchev–Trinajstić information content (AvgIpc) is 2.38. The number of hydrogen-bond acceptors (Lipinski definition) is 3. The van der Waals surface area contributed by atoms with Gasteiger partial charge in [0.05, 0.1) is 13.2 Å². The van der Waals surface area contributed by atoms with Gasteiger partial charge < -0.3 is 14.2 Å². The van der Waals surface area contributed by atoms with Crippen LogP contribution in [0.25, 0.3) is 0 Å². The molecule has 1 fully saturated rings. The van der Waals surface area contributed by atoms with E-state index in [9.17, 15) is 8.78 Å². The first-order valence-corrected chi connectivity index (χ1v) is 6.89. The lowest BCUT2D eigenvalue weighted by atomic mass is 9.91. The van der Waals surface area contributed by atoms with Crippen molar-refractivity contribution in [2.45, 2.75) is 23.5 Å². The zero-order valence-corrected chi connectivity index (χ0v) is 12.0. The molecule has 106 valence electrons. The van der Waals surface area contributed by atoms with Crippen molar-refractivity contribution in [3.8, 4) is 5.75 Å². The summed E-state index contributed by atoms with van der Waals surface area (Å²) in [6, 6.07) is 3.50. The maximum atomic E-state index is 13.1. The van der Waals surface area contributed by atoms with E-state index in [1.165, 1.54) is 6.07 Å². The minimum Gasteiger partial charge on any atom is -0.488 e. The van der Waals surface area contributed by atoms with Crippen LogP contribution in [0.5, 0.6) is 5.75 Å². The quantitative estimate of drug-likeness (QED) is 0.590. The lowest BCUT2D eigenvalue weighted by molar-refractivity contribution is -0.0866. The lowest BCUT2D eigenvalue weighted by Crippen LogP contribution is -2.52. The van der Waals surface area contributed by atoms with Crippen LogP contribution in [0.4, 0.5) is 8.78 Å². The van der Waals surface area contributed by atoms with Crippen LogP contribution in [-0.4, -0.2) is 37.4 Å². The lowest BCUT2D eigenvalue weighted by Gasteiger charge is -2.40. The Morgan fingerprint density at radius 3 is 2.68 bits per heavy atom. The van der Waals surface area contributed by atoms with Crippen molar-refractivity contribution in [3.63, 3.8) is 0 Å². The van der Waals surface area contributed by atoms with Gasteiger partial charge in [-0.3, -0.25) is 0 Å². The third-order valence-electron chi connectivity index (χ3n) is 2.96. The largest absolute Gasteiger partial charge is 0.488 e. The second-order valence-electron chi connectivity index (χ2n) is 4.31. The highest BCUT2D eigenvalue weighted by molar-refractivity contribution is 9.09. The second kappa shape index (κ2) is 6.63. The molecule has 0 aliphatic heterocycles. The van der Waals surface area contributed by atoms with Crippen molar-refractivity contribution in [3.05, 3.63) is 29.8 Å². The number of hydrogen-bond donors (Lipinski definition) is 0. The average molecular weight is 337 g/mol. The highest BCUT2D eigenvalue weighted by atomic mass is 79.9. The first-order valence-electron chi connectivity index (χ1n) is 5.98. The summed E-state index contributed by atoms with van der Waals surface area (Å²) >= 11 is 3.48. The van der Waals surface area contributed by atoms with Crippen molar-refractivity contribution < 1.29 is 23.0 Å². The van der Waals surface area contributed by atoms with E-state index in [-0.39, 0.29) is 17.0 Å². The summed E-state index contributed by atoms with van der Waals surface area (Å²) in [4.78, 5) is 0.208. The van der Waals surface area contributed by atoms with Crippen LogP contribution < -0.4 is 4.74 Å². The van der Waals surface area contributed by atoms with Gasteiger partial charge in [0.25, 0.3) is 0 Å². The molecule has 0 heterocycles. The third kappa shape index (κ3) is 3.64. The van der Waals surface area contributed by atoms with Crippen LogP contribution in [-0.2, 0) is 9.47 Å². The molecule has 6 heteroatoms. The predicted molar refractivity (Wildman–Crippen MR) is 69.7 cm³/mol. The van der Waals surface area contributed by atoms with Crippen molar-refractivity contribution in [1.82, 2.24) is 0 Å². The zero-order valence-electron chi connectivity index (χ0n) is 10.4. The Bertz CT molecular complexity index is 430. The summed E-state index contributed by atoms with van der Waals surface area (Å²) in [5.41, 5.74) is 0. The summed E-state index contributed by atoms with van der Waals surface area (Å²) in [5, 5.41) is 0. The summed E-state index contributed by atoms with van der Waals surface area (Å²) in [5.74, 6) is -1.49. The molecule has 0 saturated heterocycles. The van der Waals surface area contributed by atoms with Gasteiger partial charge >= 0.3 is 0 Å². The molecule has 0 N–H and O–H groups in total. The standard InChI is InChI=1S/C13H15BrF2O3/c1-17-4-5-18-13-9(14)7-12(13)19-8-2-3-10(15)11(16)6-8/h2-3,6,9,12-13H,4-5,7H2,1H3. The van der Waals surface area contributed by atoms with Gasteiger partial charge in [-0.2, -0.15) is 0 Å². The minimum atomic E-state index is -0.913. The Kier molecular flexibility index (Phi) is 5.13. The van der Waals surface area contributed by atoms with Gasteiger partial charge in [-0.05, 0) is 12.1 Å². The van der Waals surface area contributed by atoms with Gasteiger partial charge in [0.2, 0.25) is 0 Å². The monoisotopic (exact) mass is 336 g/mol. The fourth-order valence-corrected chi connectivity index (χ4v) is 2.71. The summed E-state index contributed by atoms with van der Waals surface area (Å²) in [6.45, 7) is 0.981. The van der Waals surface area contributed by atoms with Gasteiger partial charge in [-0.1, -0.05) is 15.9 Å². The molecule has 3 nitrogen and oxygen atoms in total. The number of rotatable bonds is 6. The van der Waals surface area contributed by atoms with Crippen molar-refractivity contribution in [2.24, 2.45) is 0 Å².